The lowest BCUT2D eigenvalue weighted by Gasteiger charge is -2.15. The molecule has 1 aromatic carbocycles. The van der Waals surface area contributed by atoms with Crippen LogP contribution in [0.3, 0.4) is 0 Å². The number of carboxylic acid groups (broad SMARTS) is 1. The van der Waals surface area contributed by atoms with E-state index in [0.717, 1.165) is 12.8 Å². The van der Waals surface area contributed by atoms with Crippen LogP contribution < -0.4 is 4.72 Å². The highest BCUT2D eigenvalue weighted by Crippen LogP contribution is 2.33. The summed E-state index contributed by atoms with van der Waals surface area (Å²) in [5, 5.41) is 9.04. The topological polar surface area (TPSA) is 83.5 Å². The Balaban J connectivity index is 2.26. The lowest BCUT2D eigenvalue weighted by atomic mass is 10.2. The molecule has 6 heteroatoms. The van der Waals surface area contributed by atoms with Crippen LogP contribution in [0.1, 0.15) is 18.4 Å². The number of carboxylic acids is 1. The predicted octanol–water partition coefficient (Wildman–Crippen LogP) is 1.14. The van der Waals surface area contributed by atoms with Gasteiger partial charge in [-0.15, -0.1) is 0 Å². The third kappa shape index (κ3) is 2.70. The Hall–Kier alpha value is -1.40. The molecule has 1 fully saturated rings. The van der Waals surface area contributed by atoms with Gasteiger partial charge in [0.25, 0.3) is 0 Å². The summed E-state index contributed by atoms with van der Waals surface area (Å²) in [5.74, 6) is -1.20. The van der Waals surface area contributed by atoms with Gasteiger partial charge in [0.05, 0.1) is 4.90 Å². The Kier molecular flexibility index (Phi) is 3.41. The highest BCUT2D eigenvalue weighted by atomic mass is 32.2. The van der Waals surface area contributed by atoms with Crippen molar-refractivity contribution < 1.29 is 18.3 Å². The molecule has 1 aliphatic carbocycles. The molecule has 2 N–H and O–H groups in total. The molecule has 0 bridgehead atoms. The van der Waals surface area contributed by atoms with E-state index in [1.807, 2.05) is 0 Å². The zero-order valence-electron chi connectivity index (χ0n) is 9.96. The largest absolute Gasteiger partial charge is 0.480 e. The number of sulfonamides is 1. The third-order valence-electron chi connectivity index (χ3n) is 3.02. The first-order valence-electron chi connectivity index (χ1n) is 5.72. The van der Waals surface area contributed by atoms with Gasteiger partial charge in [0.15, 0.2) is 0 Å². The highest BCUT2D eigenvalue weighted by molar-refractivity contribution is 7.89. The minimum atomic E-state index is -3.77. The normalized spacial score (nSPS) is 17.4. The van der Waals surface area contributed by atoms with Gasteiger partial charge in [-0.25, -0.2) is 8.42 Å². The first-order chi connectivity index (χ1) is 8.42. The lowest BCUT2D eigenvalue weighted by molar-refractivity contribution is -0.139. The summed E-state index contributed by atoms with van der Waals surface area (Å²) in [6, 6.07) is 5.50. The number of aryl methyl sites for hydroxylation is 1. The van der Waals surface area contributed by atoms with Gasteiger partial charge in [0.2, 0.25) is 10.0 Å². The molecule has 18 heavy (non-hydrogen) atoms. The quantitative estimate of drug-likeness (QED) is 0.839. The molecule has 0 heterocycles. The molecule has 98 valence electrons. The van der Waals surface area contributed by atoms with Crippen molar-refractivity contribution in [3.05, 3.63) is 29.8 Å². The summed E-state index contributed by atoms with van der Waals surface area (Å²) in [6.45, 7) is 1.68. The SMILES string of the molecule is Cc1ccccc1S(=O)(=O)NC(C(=O)O)C1CC1. The molecule has 5 nitrogen and oxygen atoms in total. The van der Waals surface area contributed by atoms with Crippen LogP contribution in [0.4, 0.5) is 0 Å². The summed E-state index contributed by atoms with van der Waals surface area (Å²) in [7, 11) is -3.77. The maximum atomic E-state index is 12.1. The van der Waals surface area contributed by atoms with E-state index in [9.17, 15) is 13.2 Å². The molecule has 0 aromatic heterocycles. The fraction of sp³-hybridized carbons (Fsp3) is 0.417. The van der Waals surface area contributed by atoms with E-state index in [4.69, 9.17) is 5.11 Å². The van der Waals surface area contributed by atoms with E-state index in [0.29, 0.717) is 5.56 Å². The maximum absolute atomic E-state index is 12.1. The van der Waals surface area contributed by atoms with Crippen molar-refractivity contribution in [1.82, 2.24) is 4.72 Å². The van der Waals surface area contributed by atoms with Crippen LogP contribution >= 0.6 is 0 Å². The summed E-state index contributed by atoms with van der Waals surface area (Å²) in [4.78, 5) is 11.2. The molecule has 1 unspecified atom stereocenters. The van der Waals surface area contributed by atoms with Gasteiger partial charge in [-0.2, -0.15) is 4.72 Å². The minimum Gasteiger partial charge on any atom is -0.480 e. The smallest absolute Gasteiger partial charge is 0.322 e. The van der Waals surface area contributed by atoms with Gasteiger partial charge < -0.3 is 5.11 Å². The number of nitrogens with one attached hydrogen (secondary N) is 1. The highest BCUT2D eigenvalue weighted by Gasteiger charge is 2.39. The van der Waals surface area contributed by atoms with Crippen LogP contribution in [-0.4, -0.2) is 25.5 Å². The van der Waals surface area contributed by atoms with Crippen molar-refractivity contribution in [1.29, 1.82) is 0 Å². The Labute approximate surface area is 106 Å². The van der Waals surface area contributed by atoms with Crippen molar-refractivity contribution in [3.63, 3.8) is 0 Å². The maximum Gasteiger partial charge on any atom is 0.322 e. The molecule has 0 radical (unpaired) electrons. The van der Waals surface area contributed by atoms with Crippen molar-refractivity contribution in [2.75, 3.05) is 0 Å². The van der Waals surface area contributed by atoms with Crippen molar-refractivity contribution in [2.45, 2.75) is 30.7 Å². The first kappa shape index (κ1) is 13.0. The second-order valence-electron chi connectivity index (χ2n) is 4.54. The van der Waals surface area contributed by atoms with Gasteiger partial charge in [-0.3, -0.25) is 4.79 Å². The first-order valence-corrected chi connectivity index (χ1v) is 7.21. The molecule has 1 saturated carbocycles. The second-order valence-corrected chi connectivity index (χ2v) is 6.22. The number of hydrogen-bond donors (Lipinski definition) is 2. The molecule has 0 amide bonds. The second kappa shape index (κ2) is 4.70. The third-order valence-corrected chi connectivity index (χ3v) is 4.63. The molecule has 0 saturated heterocycles. The monoisotopic (exact) mass is 269 g/mol. The summed E-state index contributed by atoms with van der Waals surface area (Å²) >= 11 is 0. The molecule has 1 atom stereocenters. The lowest BCUT2D eigenvalue weighted by Crippen LogP contribution is -2.42. The van der Waals surface area contributed by atoms with Crippen LogP contribution in [0, 0.1) is 12.8 Å². The van der Waals surface area contributed by atoms with Gasteiger partial charge in [-0.1, -0.05) is 18.2 Å². The van der Waals surface area contributed by atoms with E-state index >= 15 is 0 Å². The van der Waals surface area contributed by atoms with Gasteiger partial charge in [0, 0.05) is 0 Å². The molecular formula is C12H15NO4S. The summed E-state index contributed by atoms with van der Waals surface area (Å²) < 4.78 is 26.5. The molecule has 1 aromatic rings. The summed E-state index contributed by atoms with van der Waals surface area (Å²) in [6.07, 6.45) is 1.51. The fourth-order valence-electron chi connectivity index (χ4n) is 1.87. The van der Waals surface area contributed by atoms with Crippen molar-refractivity contribution >= 4 is 16.0 Å². The Bertz CT molecular complexity index is 563. The molecular weight excluding hydrogens is 254 g/mol. The molecule has 2 rings (SSSR count). The Morgan fingerprint density at radius 1 is 1.39 bits per heavy atom. The fourth-order valence-corrected chi connectivity index (χ4v) is 3.37. The van der Waals surface area contributed by atoms with E-state index in [1.54, 1.807) is 25.1 Å². The molecule has 0 aliphatic heterocycles. The van der Waals surface area contributed by atoms with Crippen LogP contribution in [0.2, 0.25) is 0 Å². The predicted molar refractivity (Wildman–Crippen MR) is 65.6 cm³/mol. The van der Waals surface area contributed by atoms with E-state index in [1.165, 1.54) is 6.07 Å². The van der Waals surface area contributed by atoms with Crippen LogP contribution in [0.25, 0.3) is 0 Å². The van der Waals surface area contributed by atoms with E-state index in [2.05, 4.69) is 4.72 Å². The van der Waals surface area contributed by atoms with Gasteiger partial charge in [-0.05, 0) is 37.3 Å². The zero-order valence-corrected chi connectivity index (χ0v) is 10.8. The average molecular weight is 269 g/mol. The standard InChI is InChI=1S/C12H15NO4S/c1-8-4-2-3-5-10(8)18(16,17)13-11(12(14)15)9-6-7-9/h2-5,9,11,13H,6-7H2,1H3,(H,14,15). The Morgan fingerprint density at radius 2 is 2.00 bits per heavy atom. The van der Waals surface area contributed by atoms with Gasteiger partial charge in [0.1, 0.15) is 6.04 Å². The number of aliphatic carboxylic acids is 1. The molecule has 1 aliphatic rings. The number of rotatable bonds is 5. The van der Waals surface area contributed by atoms with E-state index < -0.39 is 22.0 Å². The zero-order chi connectivity index (χ0) is 13.3. The van der Waals surface area contributed by atoms with Gasteiger partial charge >= 0.3 is 5.97 Å². The number of hydrogen-bond acceptors (Lipinski definition) is 3. The minimum absolute atomic E-state index is 0.0821. The number of benzene rings is 1. The average Bonchev–Trinajstić information content (AvgIpc) is 3.10. The summed E-state index contributed by atoms with van der Waals surface area (Å²) in [5.41, 5.74) is 0.602. The van der Waals surface area contributed by atoms with Crippen molar-refractivity contribution in [2.24, 2.45) is 5.92 Å². The van der Waals surface area contributed by atoms with Crippen LogP contribution in [-0.2, 0) is 14.8 Å². The van der Waals surface area contributed by atoms with E-state index in [-0.39, 0.29) is 10.8 Å². The number of carbonyl (C=O) groups is 1. The molecule has 0 spiro atoms. The Morgan fingerprint density at radius 3 is 2.50 bits per heavy atom. The van der Waals surface area contributed by atoms with Crippen LogP contribution in [0.5, 0.6) is 0 Å². The van der Waals surface area contributed by atoms with Crippen molar-refractivity contribution in [3.8, 4) is 0 Å². The van der Waals surface area contributed by atoms with Crippen LogP contribution in [0.15, 0.2) is 29.2 Å².